The molecule has 44 heavy (non-hydrogen) atoms. The Hall–Kier alpha value is -4.19. The lowest BCUT2D eigenvalue weighted by Gasteiger charge is -2.26. The summed E-state index contributed by atoms with van der Waals surface area (Å²) < 4.78 is 1.61. The van der Waals surface area contributed by atoms with Crippen LogP contribution < -0.4 is 27.2 Å². The summed E-state index contributed by atoms with van der Waals surface area (Å²) in [4.78, 5) is 17.7. The fourth-order valence-corrected chi connectivity index (χ4v) is 6.72. The number of terminal acetylenes is 1. The number of hydrogen-bond donors (Lipinski definition) is 4. The topological polar surface area (TPSA) is 86.2 Å². The maximum absolute atomic E-state index is 13.1. The fourth-order valence-electron chi connectivity index (χ4n) is 6.45. The van der Waals surface area contributed by atoms with Gasteiger partial charge >= 0.3 is 0 Å². The number of benzene rings is 2. The highest BCUT2D eigenvalue weighted by Gasteiger charge is 2.58. The van der Waals surface area contributed by atoms with Crippen molar-refractivity contribution >= 4 is 44.7 Å². The van der Waals surface area contributed by atoms with Crippen LogP contribution in [0.25, 0.3) is 21.7 Å². The van der Waals surface area contributed by atoms with E-state index < -0.39 is 0 Å². The lowest BCUT2D eigenvalue weighted by Crippen LogP contribution is -2.46. The van der Waals surface area contributed by atoms with Crippen molar-refractivity contribution in [1.29, 1.82) is 0 Å². The quantitative estimate of drug-likeness (QED) is 0.172. The fraction of sp³-hybridized carbons (Fsp3) is 0.371. The molecule has 0 saturated heterocycles. The predicted molar refractivity (Wildman–Crippen MR) is 179 cm³/mol. The molecule has 2 saturated carbocycles. The average molecular weight is 608 g/mol. The number of nitrogens with one attached hydrogen (secondary N) is 4. The highest BCUT2D eigenvalue weighted by molar-refractivity contribution is 6.35. The molecule has 3 aliphatic rings. The molecule has 2 aromatic carbocycles. The van der Waals surface area contributed by atoms with E-state index >= 15 is 0 Å². The van der Waals surface area contributed by atoms with Crippen molar-refractivity contribution in [3.63, 3.8) is 0 Å². The Labute approximate surface area is 262 Å². The molecule has 2 aromatic heterocycles. The van der Waals surface area contributed by atoms with Crippen LogP contribution in [0.3, 0.4) is 0 Å². The summed E-state index contributed by atoms with van der Waals surface area (Å²) in [7, 11) is 1.78. The van der Waals surface area contributed by atoms with Crippen molar-refractivity contribution < 1.29 is 0 Å². The zero-order valence-corrected chi connectivity index (χ0v) is 26.3. The monoisotopic (exact) mass is 607 g/mol. The van der Waals surface area contributed by atoms with E-state index in [1.54, 1.807) is 17.8 Å². The summed E-state index contributed by atoms with van der Waals surface area (Å²) in [5.74, 6) is 3.52. The van der Waals surface area contributed by atoms with Crippen molar-refractivity contribution in [3.05, 3.63) is 87.2 Å². The molecule has 0 radical (unpaired) electrons. The van der Waals surface area contributed by atoms with Crippen LogP contribution in [0.2, 0.25) is 5.02 Å². The van der Waals surface area contributed by atoms with Gasteiger partial charge in [-0.05, 0) is 72.2 Å². The van der Waals surface area contributed by atoms with Gasteiger partial charge in [-0.2, -0.15) is 0 Å². The average Bonchev–Trinajstić information content (AvgIpc) is 3.93. The van der Waals surface area contributed by atoms with Crippen LogP contribution in [0, 0.1) is 23.7 Å². The number of fused-ring (bicyclic) bond motifs is 2. The summed E-state index contributed by atoms with van der Waals surface area (Å²) in [6.45, 7) is 7.26. The number of aromatic nitrogens is 2. The normalized spacial score (nSPS) is 18.1. The molecule has 0 unspecified atom stereocenters. The lowest BCUT2D eigenvalue weighted by molar-refractivity contribution is 0.156. The van der Waals surface area contributed by atoms with Crippen LogP contribution in [0.5, 0.6) is 0 Å². The largest absolute Gasteiger partial charge is 0.383 e. The third-order valence-corrected chi connectivity index (χ3v) is 9.42. The Kier molecular flexibility index (Phi) is 6.80. The first-order valence-corrected chi connectivity index (χ1v) is 15.7. The van der Waals surface area contributed by atoms with Crippen molar-refractivity contribution in [3.8, 4) is 12.3 Å². The third kappa shape index (κ3) is 5.04. The number of halogens is 1. The van der Waals surface area contributed by atoms with E-state index in [9.17, 15) is 4.79 Å². The van der Waals surface area contributed by atoms with Crippen molar-refractivity contribution in [2.24, 2.45) is 18.4 Å². The minimum absolute atomic E-state index is 0.0296. The number of rotatable bonds is 8. The second kappa shape index (κ2) is 10.5. The minimum Gasteiger partial charge on any atom is -0.383 e. The van der Waals surface area contributed by atoms with Gasteiger partial charge in [-0.1, -0.05) is 50.4 Å². The first-order chi connectivity index (χ1) is 21.1. The standard InChI is InChI=1S/C35H38ClN7O/c1-6-21-18-37-31-27(30(21)38-20-34(2,3)4)16-23(17-28(31)36)39-32(25-8-7-9-26-24(25)12-15-42(5)33(26)44)29-19-43(41-40-29)35(13-14-35)22-10-11-22/h1,7-9,12,15-19,22,32,39-41H,10-11,13-14,20H2,2-5H3,(H,37,38)/t32-/m0/s1. The van der Waals surface area contributed by atoms with Gasteiger partial charge in [0.1, 0.15) is 0 Å². The highest BCUT2D eigenvalue weighted by atomic mass is 35.5. The van der Waals surface area contributed by atoms with E-state index in [1.807, 2.05) is 30.5 Å². The van der Waals surface area contributed by atoms with Crippen LogP contribution in [0.4, 0.5) is 11.4 Å². The molecule has 1 atom stereocenters. The van der Waals surface area contributed by atoms with Crippen LogP contribution in [0.1, 0.15) is 63.6 Å². The Bertz CT molecular complexity index is 1920. The minimum atomic E-state index is -0.318. The van der Waals surface area contributed by atoms with Gasteiger partial charge in [0.15, 0.2) is 0 Å². The highest BCUT2D eigenvalue weighted by Crippen LogP contribution is 2.57. The van der Waals surface area contributed by atoms with Crippen LogP contribution in [-0.4, -0.2) is 26.6 Å². The molecule has 4 aromatic rings. The van der Waals surface area contributed by atoms with E-state index in [-0.39, 0.29) is 22.6 Å². The number of hydrazine groups is 2. The summed E-state index contributed by atoms with van der Waals surface area (Å²) >= 11 is 6.90. The van der Waals surface area contributed by atoms with E-state index in [2.05, 4.69) is 76.6 Å². The Morgan fingerprint density at radius 2 is 1.98 bits per heavy atom. The van der Waals surface area contributed by atoms with E-state index in [1.165, 1.54) is 25.7 Å². The van der Waals surface area contributed by atoms with E-state index in [4.69, 9.17) is 18.0 Å². The molecule has 0 bridgehead atoms. The molecule has 2 fully saturated rings. The summed E-state index contributed by atoms with van der Waals surface area (Å²) in [6, 6.07) is 11.6. The van der Waals surface area contributed by atoms with Gasteiger partial charge in [-0.25, -0.2) is 0 Å². The summed E-state index contributed by atoms with van der Waals surface area (Å²) in [5.41, 5.74) is 12.1. The number of hydrogen-bond acceptors (Lipinski definition) is 7. The smallest absolute Gasteiger partial charge is 0.258 e. The lowest BCUT2D eigenvalue weighted by atomic mass is 9.96. The van der Waals surface area contributed by atoms with Crippen molar-refractivity contribution in [2.45, 2.75) is 58.0 Å². The molecule has 2 aliphatic carbocycles. The van der Waals surface area contributed by atoms with E-state index in [0.29, 0.717) is 21.5 Å². The molecular weight excluding hydrogens is 570 g/mol. The molecule has 0 amide bonds. The first-order valence-electron chi connectivity index (χ1n) is 15.3. The van der Waals surface area contributed by atoms with Gasteiger partial charge in [0.25, 0.3) is 5.56 Å². The molecule has 9 heteroatoms. The molecule has 8 nitrogen and oxygen atoms in total. The van der Waals surface area contributed by atoms with Crippen LogP contribution >= 0.6 is 11.6 Å². The van der Waals surface area contributed by atoms with Gasteiger partial charge in [0.05, 0.1) is 39.1 Å². The maximum Gasteiger partial charge on any atom is 0.258 e. The molecule has 3 heterocycles. The summed E-state index contributed by atoms with van der Waals surface area (Å²) in [6.07, 6.45) is 16.6. The number of nitrogens with zero attached hydrogens (tertiary/aromatic N) is 3. The maximum atomic E-state index is 13.1. The zero-order valence-electron chi connectivity index (χ0n) is 25.6. The summed E-state index contributed by atoms with van der Waals surface area (Å²) in [5, 5.41) is 12.6. The van der Waals surface area contributed by atoms with Gasteiger partial charge in [0.2, 0.25) is 0 Å². The van der Waals surface area contributed by atoms with Crippen LogP contribution in [-0.2, 0) is 7.05 Å². The second-order valence-electron chi connectivity index (χ2n) is 13.6. The van der Waals surface area contributed by atoms with Gasteiger partial charge in [0, 0.05) is 48.6 Å². The number of anilines is 2. The number of pyridine rings is 2. The SMILES string of the molecule is C#Cc1cnc2c(Cl)cc(N[C@H](C3=CN(C4(C5CC5)CC4)NN3)c3cccc4c(=O)n(C)ccc34)cc2c1NCC(C)(C)C. The predicted octanol–water partition coefficient (Wildman–Crippen LogP) is 6.44. The van der Waals surface area contributed by atoms with Crippen molar-refractivity contribution in [1.82, 2.24) is 25.5 Å². The van der Waals surface area contributed by atoms with Gasteiger partial charge < -0.3 is 20.6 Å². The second-order valence-corrected chi connectivity index (χ2v) is 14.1. The molecule has 4 N–H and O–H groups in total. The Morgan fingerprint density at radius 1 is 1.18 bits per heavy atom. The zero-order chi connectivity index (χ0) is 30.8. The van der Waals surface area contributed by atoms with Gasteiger partial charge in [-0.3, -0.25) is 14.8 Å². The molecule has 7 rings (SSSR count). The first kappa shape index (κ1) is 28.6. The van der Waals surface area contributed by atoms with Crippen LogP contribution in [0.15, 0.2) is 65.5 Å². The van der Waals surface area contributed by atoms with E-state index in [0.717, 1.165) is 45.9 Å². The Morgan fingerprint density at radius 3 is 2.68 bits per heavy atom. The van der Waals surface area contributed by atoms with Crippen molar-refractivity contribution in [2.75, 3.05) is 17.2 Å². The third-order valence-electron chi connectivity index (χ3n) is 9.13. The number of aryl methyl sites for hydroxylation is 1. The molecular formula is C35H38ClN7O. The van der Waals surface area contributed by atoms with Gasteiger partial charge in [-0.15, -0.1) is 12.0 Å². The molecule has 0 spiro atoms. The molecule has 1 aliphatic heterocycles. The Balaban J connectivity index is 1.35. The molecule has 226 valence electrons.